The van der Waals surface area contributed by atoms with Crippen molar-refractivity contribution in [3.8, 4) is 0 Å². The van der Waals surface area contributed by atoms with Gasteiger partial charge in [0.1, 0.15) is 9.84 Å². The molecule has 0 aliphatic heterocycles. The summed E-state index contributed by atoms with van der Waals surface area (Å²) in [5.41, 5.74) is 10.3. The zero-order chi connectivity index (χ0) is 12.8. The number of amides is 2. The van der Waals surface area contributed by atoms with Gasteiger partial charge in [0, 0.05) is 19.2 Å². The number of nitrogens with one attached hydrogen (secondary N) is 1. The Bertz CT molecular complexity index is 352. The molecule has 0 aromatic carbocycles. The number of sulfone groups is 1. The van der Waals surface area contributed by atoms with Gasteiger partial charge in [-0.15, -0.1) is 0 Å². The molecule has 0 bridgehead atoms. The number of nitrogens with two attached hydrogens (primary N) is 2. The third-order valence-electron chi connectivity index (χ3n) is 1.81. The van der Waals surface area contributed by atoms with Gasteiger partial charge in [0.05, 0.1) is 11.8 Å². The second-order valence-corrected chi connectivity index (χ2v) is 5.79. The molecular weight excluding hydrogens is 234 g/mol. The van der Waals surface area contributed by atoms with Crippen molar-refractivity contribution in [1.29, 1.82) is 0 Å². The summed E-state index contributed by atoms with van der Waals surface area (Å²) >= 11 is 0. The molecule has 0 rings (SSSR count). The number of hydrogen-bond donors (Lipinski definition) is 3. The van der Waals surface area contributed by atoms with Gasteiger partial charge in [-0.05, 0) is 6.42 Å². The second-order valence-electron chi connectivity index (χ2n) is 3.53. The first-order valence-corrected chi connectivity index (χ1v) is 6.78. The molecule has 2 amide bonds. The van der Waals surface area contributed by atoms with Crippen LogP contribution in [0.25, 0.3) is 0 Å². The van der Waals surface area contributed by atoms with Crippen molar-refractivity contribution < 1.29 is 18.0 Å². The first-order chi connectivity index (χ1) is 7.22. The molecule has 94 valence electrons. The lowest BCUT2D eigenvalue weighted by atomic mass is 10.2. The fraction of sp³-hybridized carbons (Fsp3) is 0.750. The molecule has 0 heterocycles. The van der Waals surface area contributed by atoms with Crippen molar-refractivity contribution in [3.63, 3.8) is 0 Å². The van der Waals surface area contributed by atoms with E-state index in [9.17, 15) is 18.0 Å². The molecule has 0 spiro atoms. The van der Waals surface area contributed by atoms with Gasteiger partial charge in [-0.3, -0.25) is 9.59 Å². The maximum atomic E-state index is 11.3. The van der Waals surface area contributed by atoms with E-state index in [0.29, 0.717) is 0 Å². The Kier molecular flexibility index (Phi) is 5.97. The van der Waals surface area contributed by atoms with E-state index in [4.69, 9.17) is 11.5 Å². The molecule has 0 aliphatic carbocycles. The van der Waals surface area contributed by atoms with Crippen molar-refractivity contribution in [2.24, 2.45) is 11.5 Å². The van der Waals surface area contributed by atoms with Crippen molar-refractivity contribution in [1.82, 2.24) is 5.32 Å². The minimum Gasteiger partial charge on any atom is -0.370 e. The highest BCUT2D eigenvalue weighted by Gasteiger charge is 2.15. The molecule has 0 saturated heterocycles. The van der Waals surface area contributed by atoms with Crippen LogP contribution in [0.5, 0.6) is 0 Å². The summed E-state index contributed by atoms with van der Waals surface area (Å²) in [5, 5.41) is 2.39. The Balaban J connectivity index is 3.86. The third-order valence-corrected chi connectivity index (χ3v) is 2.78. The lowest BCUT2D eigenvalue weighted by Crippen LogP contribution is -2.42. The van der Waals surface area contributed by atoms with Crippen LogP contribution >= 0.6 is 0 Å². The first-order valence-electron chi connectivity index (χ1n) is 4.71. The molecule has 0 aliphatic rings. The van der Waals surface area contributed by atoms with Gasteiger partial charge >= 0.3 is 0 Å². The fourth-order valence-electron chi connectivity index (χ4n) is 0.912. The molecule has 8 heteroatoms. The number of hydrogen-bond acceptors (Lipinski definition) is 5. The van der Waals surface area contributed by atoms with E-state index in [2.05, 4.69) is 5.32 Å². The minimum atomic E-state index is -3.12. The first kappa shape index (κ1) is 14.8. The largest absolute Gasteiger partial charge is 0.370 e. The molecule has 1 unspecified atom stereocenters. The SMILES string of the molecule is CS(=O)(=O)CCC(N)C(=O)NCCC(N)=O. The Morgan fingerprint density at radius 2 is 1.94 bits per heavy atom. The van der Waals surface area contributed by atoms with Gasteiger partial charge in [0.2, 0.25) is 11.8 Å². The molecule has 5 N–H and O–H groups in total. The Morgan fingerprint density at radius 3 is 2.38 bits per heavy atom. The number of carbonyl (C=O) groups is 2. The van der Waals surface area contributed by atoms with Crippen molar-refractivity contribution in [3.05, 3.63) is 0 Å². The number of rotatable bonds is 7. The average molecular weight is 251 g/mol. The highest BCUT2D eigenvalue weighted by Crippen LogP contribution is 1.94. The molecule has 0 saturated carbocycles. The van der Waals surface area contributed by atoms with Crippen LogP contribution in [0.2, 0.25) is 0 Å². The Labute approximate surface area is 94.5 Å². The normalized spacial score (nSPS) is 13.1. The van der Waals surface area contributed by atoms with Crippen LogP contribution in [0.15, 0.2) is 0 Å². The predicted molar refractivity (Wildman–Crippen MR) is 59.1 cm³/mol. The molecule has 0 aromatic rings. The summed E-state index contributed by atoms with van der Waals surface area (Å²) in [6.45, 7) is 0.112. The highest BCUT2D eigenvalue weighted by atomic mass is 32.2. The predicted octanol–water partition coefficient (Wildman–Crippen LogP) is -2.26. The lowest BCUT2D eigenvalue weighted by Gasteiger charge is -2.10. The van der Waals surface area contributed by atoms with E-state index in [1.54, 1.807) is 0 Å². The lowest BCUT2D eigenvalue weighted by molar-refractivity contribution is -0.122. The van der Waals surface area contributed by atoms with Crippen molar-refractivity contribution in [2.45, 2.75) is 18.9 Å². The molecule has 0 fully saturated rings. The van der Waals surface area contributed by atoms with Crippen LogP contribution in [0.3, 0.4) is 0 Å². The van der Waals surface area contributed by atoms with Gasteiger partial charge in [-0.25, -0.2) is 8.42 Å². The molecular formula is C8H17N3O4S. The molecule has 1 atom stereocenters. The minimum absolute atomic E-state index is 0.0323. The summed E-state index contributed by atoms with van der Waals surface area (Å²) in [6, 6.07) is -0.886. The fourth-order valence-corrected chi connectivity index (χ4v) is 1.59. The van der Waals surface area contributed by atoms with Crippen LogP contribution in [0.4, 0.5) is 0 Å². The number of carbonyl (C=O) groups excluding carboxylic acids is 2. The van der Waals surface area contributed by atoms with Crippen LogP contribution < -0.4 is 16.8 Å². The molecule has 0 aromatic heterocycles. The number of primary amides is 1. The van der Waals surface area contributed by atoms with E-state index in [0.717, 1.165) is 6.26 Å². The van der Waals surface area contributed by atoms with Gasteiger partial charge in [0.15, 0.2) is 0 Å². The molecule has 16 heavy (non-hydrogen) atoms. The average Bonchev–Trinajstić information content (AvgIpc) is 2.12. The standard InChI is InChI=1S/C8H17N3O4S/c1-16(14,15)5-3-6(9)8(13)11-4-2-7(10)12/h6H,2-5,9H2,1H3,(H2,10,12)(H,11,13). The van der Waals surface area contributed by atoms with Crippen molar-refractivity contribution >= 4 is 21.7 Å². The Morgan fingerprint density at radius 1 is 1.38 bits per heavy atom. The van der Waals surface area contributed by atoms with E-state index in [1.165, 1.54) is 0 Å². The zero-order valence-corrected chi connectivity index (χ0v) is 9.92. The van der Waals surface area contributed by atoms with E-state index in [-0.39, 0.29) is 25.1 Å². The molecule has 7 nitrogen and oxygen atoms in total. The summed E-state index contributed by atoms with van der Waals surface area (Å²) < 4.78 is 21.6. The quantitative estimate of drug-likeness (QED) is 0.469. The van der Waals surface area contributed by atoms with Gasteiger partial charge in [-0.2, -0.15) is 0 Å². The van der Waals surface area contributed by atoms with E-state index >= 15 is 0 Å². The summed E-state index contributed by atoms with van der Waals surface area (Å²) in [4.78, 5) is 21.6. The topological polar surface area (TPSA) is 132 Å². The van der Waals surface area contributed by atoms with E-state index in [1.807, 2.05) is 0 Å². The molecule has 0 radical (unpaired) electrons. The smallest absolute Gasteiger partial charge is 0.236 e. The van der Waals surface area contributed by atoms with Crippen LogP contribution in [-0.4, -0.2) is 44.8 Å². The summed E-state index contributed by atoms with van der Waals surface area (Å²) in [7, 11) is -3.12. The van der Waals surface area contributed by atoms with Crippen LogP contribution in [0.1, 0.15) is 12.8 Å². The third kappa shape index (κ3) is 8.18. The second kappa shape index (κ2) is 6.44. The maximum Gasteiger partial charge on any atom is 0.236 e. The van der Waals surface area contributed by atoms with Gasteiger partial charge in [0.25, 0.3) is 0 Å². The van der Waals surface area contributed by atoms with Crippen LogP contribution in [0, 0.1) is 0 Å². The van der Waals surface area contributed by atoms with Crippen LogP contribution in [-0.2, 0) is 19.4 Å². The zero-order valence-electron chi connectivity index (χ0n) is 9.10. The maximum absolute atomic E-state index is 11.3. The van der Waals surface area contributed by atoms with Gasteiger partial charge < -0.3 is 16.8 Å². The Hall–Kier alpha value is -1.15. The monoisotopic (exact) mass is 251 g/mol. The van der Waals surface area contributed by atoms with Gasteiger partial charge in [-0.1, -0.05) is 0 Å². The summed E-state index contributed by atoms with van der Waals surface area (Å²) in [6.07, 6.45) is 1.16. The highest BCUT2D eigenvalue weighted by molar-refractivity contribution is 7.90. The van der Waals surface area contributed by atoms with E-state index < -0.39 is 27.7 Å². The summed E-state index contributed by atoms with van der Waals surface area (Å²) in [5.74, 6) is -1.15. The van der Waals surface area contributed by atoms with Crippen molar-refractivity contribution in [2.75, 3.05) is 18.6 Å².